The van der Waals surface area contributed by atoms with Crippen LogP contribution in [0.3, 0.4) is 0 Å². The van der Waals surface area contributed by atoms with E-state index in [1.54, 1.807) is 0 Å². The third-order valence-corrected chi connectivity index (χ3v) is 5.04. The maximum absolute atomic E-state index is 6.12. The Kier molecular flexibility index (Phi) is 5.03. The minimum Gasteiger partial charge on any atom is -0.372 e. The number of aryl methyl sites for hydroxylation is 1. The molecule has 19 heavy (non-hydrogen) atoms. The van der Waals surface area contributed by atoms with Crippen LogP contribution in [-0.4, -0.2) is 17.0 Å². The molecule has 0 saturated heterocycles. The summed E-state index contributed by atoms with van der Waals surface area (Å²) in [6, 6.07) is 5.73. The predicted octanol–water partition coefficient (Wildman–Crippen LogP) is 4.77. The average Bonchev–Trinajstić information content (AvgIpc) is 2.42. The Balaban J connectivity index is 2.58. The van der Waals surface area contributed by atoms with E-state index < -0.39 is 0 Å². The minimum atomic E-state index is 0.656. The van der Waals surface area contributed by atoms with Crippen molar-refractivity contribution in [3.8, 4) is 11.4 Å². The standard InChI is InChI=1S/C13H12BrClIN3/c1-3-10-11(16)13(17-2)19-12(18-10)7-4-5-8(14)9(15)6-7/h4-6H,3H2,1-2H3,(H,17,18,19). The molecule has 1 heterocycles. The highest BCUT2D eigenvalue weighted by atomic mass is 127. The van der Waals surface area contributed by atoms with Crippen molar-refractivity contribution in [3.05, 3.63) is 37.0 Å². The van der Waals surface area contributed by atoms with Crippen molar-refractivity contribution >= 4 is 55.9 Å². The van der Waals surface area contributed by atoms with E-state index in [0.717, 1.165) is 31.5 Å². The highest BCUT2D eigenvalue weighted by molar-refractivity contribution is 14.1. The van der Waals surface area contributed by atoms with E-state index in [0.29, 0.717) is 10.8 Å². The fourth-order valence-electron chi connectivity index (χ4n) is 1.66. The van der Waals surface area contributed by atoms with Gasteiger partial charge in [-0.15, -0.1) is 0 Å². The first-order valence-corrected chi connectivity index (χ1v) is 8.01. The zero-order chi connectivity index (χ0) is 14.0. The molecule has 0 aliphatic rings. The lowest BCUT2D eigenvalue weighted by molar-refractivity contribution is 0.990. The fourth-order valence-corrected chi connectivity index (χ4v) is 2.98. The summed E-state index contributed by atoms with van der Waals surface area (Å²) in [6.07, 6.45) is 0.868. The molecule has 0 spiro atoms. The van der Waals surface area contributed by atoms with E-state index in [9.17, 15) is 0 Å². The molecule has 0 atom stereocenters. The maximum Gasteiger partial charge on any atom is 0.161 e. The Morgan fingerprint density at radius 3 is 2.68 bits per heavy atom. The van der Waals surface area contributed by atoms with E-state index in [4.69, 9.17) is 11.6 Å². The topological polar surface area (TPSA) is 37.8 Å². The Bertz CT molecular complexity index is 594. The van der Waals surface area contributed by atoms with Crippen LogP contribution in [0.2, 0.25) is 5.02 Å². The minimum absolute atomic E-state index is 0.656. The van der Waals surface area contributed by atoms with Crippen LogP contribution in [0.4, 0.5) is 5.82 Å². The van der Waals surface area contributed by atoms with Crippen LogP contribution >= 0.6 is 50.1 Å². The number of anilines is 1. The van der Waals surface area contributed by atoms with Crippen LogP contribution in [0.25, 0.3) is 11.4 Å². The van der Waals surface area contributed by atoms with Gasteiger partial charge in [-0.05, 0) is 63.1 Å². The van der Waals surface area contributed by atoms with Gasteiger partial charge in [0.1, 0.15) is 5.82 Å². The van der Waals surface area contributed by atoms with Crippen molar-refractivity contribution in [2.24, 2.45) is 0 Å². The zero-order valence-electron chi connectivity index (χ0n) is 10.5. The van der Waals surface area contributed by atoms with Crippen molar-refractivity contribution in [1.29, 1.82) is 0 Å². The largest absolute Gasteiger partial charge is 0.372 e. The van der Waals surface area contributed by atoms with Crippen LogP contribution in [0.1, 0.15) is 12.6 Å². The van der Waals surface area contributed by atoms with Crippen molar-refractivity contribution in [1.82, 2.24) is 9.97 Å². The highest BCUT2D eigenvalue weighted by Gasteiger charge is 2.12. The molecule has 100 valence electrons. The van der Waals surface area contributed by atoms with E-state index in [1.807, 2.05) is 25.2 Å². The molecule has 3 nitrogen and oxygen atoms in total. The summed E-state index contributed by atoms with van der Waals surface area (Å²) in [6.45, 7) is 2.09. The van der Waals surface area contributed by atoms with Gasteiger partial charge in [-0.3, -0.25) is 0 Å². The SMILES string of the molecule is CCc1nc(-c2ccc(Br)c(Cl)c2)nc(NC)c1I. The number of benzene rings is 1. The van der Waals surface area contributed by atoms with Crippen molar-refractivity contribution < 1.29 is 0 Å². The summed E-state index contributed by atoms with van der Waals surface area (Å²) in [5.41, 5.74) is 1.95. The van der Waals surface area contributed by atoms with E-state index in [1.165, 1.54) is 0 Å². The zero-order valence-corrected chi connectivity index (χ0v) is 15.0. The normalized spacial score (nSPS) is 10.6. The van der Waals surface area contributed by atoms with Crippen LogP contribution in [-0.2, 0) is 6.42 Å². The number of aromatic nitrogens is 2. The second kappa shape index (κ2) is 6.37. The maximum atomic E-state index is 6.12. The molecule has 0 bridgehead atoms. The third-order valence-electron chi connectivity index (χ3n) is 2.67. The second-order valence-corrected chi connectivity index (χ2v) is 6.23. The Morgan fingerprint density at radius 1 is 1.37 bits per heavy atom. The Hall–Kier alpha value is -0.400. The molecule has 0 radical (unpaired) electrons. The Morgan fingerprint density at radius 2 is 2.11 bits per heavy atom. The van der Waals surface area contributed by atoms with Crippen LogP contribution in [0.5, 0.6) is 0 Å². The molecule has 0 saturated carbocycles. The average molecular weight is 453 g/mol. The molecular formula is C13H12BrClIN3. The molecule has 6 heteroatoms. The van der Waals surface area contributed by atoms with Gasteiger partial charge in [0.2, 0.25) is 0 Å². The smallest absolute Gasteiger partial charge is 0.161 e. The van der Waals surface area contributed by atoms with E-state index in [-0.39, 0.29) is 0 Å². The molecule has 2 aromatic rings. The van der Waals surface area contributed by atoms with Gasteiger partial charge in [0.05, 0.1) is 14.3 Å². The monoisotopic (exact) mass is 451 g/mol. The first-order chi connectivity index (χ1) is 9.06. The summed E-state index contributed by atoms with van der Waals surface area (Å²) in [4.78, 5) is 9.14. The van der Waals surface area contributed by atoms with Crippen molar-refractivity contribution in [2.75, 3.05) is 12.4 Å². The van der Waals surface area contributed by atoms with Gasteiger partial charge in [-0.1, -0.05) is 18.5 Å². The van der Waals surface area contributed by atoms with Gasteiger partial charge in [0.25, 0.3) is 0 Å². The number of nitrogens with one attached hydrogen (secondary N) is 1. The summed E-state index contributed by atoms with van der Waals surface area (Å²) >= 11 is 11.8. The quantitative estimate of drug-likeness (QED) is 0.682. The highest BCUT2D eigenvalue weighted by Crippen LogP contribution is 2.29. The van der Waals surface area contributed by atoms with E-state index in [2.05, 4.69) is 60.7 Å². The molecule has 2 rings (SSSR count). The van der Waals surface area contributed by atoms with Gasteiger partial charge >= 0.3 is 0 Å². The first kappa shape index (κ1) is 15.0. The second-order valence-electron chi connectivity index (χ2n) is 3.89. The van der Waals surface area contributed by atoms with Crippen LogP contribution < -0.4 is 5.32 Å². The fraction of sp³-hybridized carbons (Fsp3) is 0.231. The molecule has 1 N–H and O–H groups in total. The molecule has 0 unspecified atom stereocenters. The lowest BCUT2D eigenvalue weighted by Crippen LogP contribution is -2.04. The molecule has 0 aliphatic heterocycles. The summed E-state index contributed by atoms with van der Waals surface area (Å²) < 4.78 is 1.93. The molecular weight excluding hydrogens is 440 g/mol. The van der Waals surface area contributed by atoms with Crippen molar-refractivity contribution in [3.63, 3.8) is 0 Å². The number of nitrogens with zero attached hydrogens (tertiary/aromatic N) is 2. The Labute approximate surface area is 139 Å². The van der Waals surface area contributed by atoms with E-state index >= 15 is 0 Å². The number of hydrogen-bond acceptors (Lipinski definition) is 3. The lowest BCUT2D eigenvalue weighted by atomic mass is 10.2. The van der Waals surface area contributed by atoms with Crippen molar-refractivity contribution in [2.45, 2.75) is 13.3 Å². The molecule has 0 fully saturated rings. The van der Waals surface area contributed by atoms with Crippen LogP contribution in [0, 0.1) is 3.57 Å². The van der Waals surface area contributed by atoms with Gasteiger partial charge in [-0.2, -0.15) is 0 Å². The summed E-state index contributed by atoms with van der Waals surface area (Å²) in [5, 5.41) is 3.76. The molecule has 0 amide bonds. The van der Waals surface area contributed by atoms with Gasteiger partial charge < -0.3 is 5.32 Å². The molecule has 1 aromatic carbocycles. The molecule has 1 aromatic heterocycles. The van der Waals surface area contributed by atoms with Gasteiger partial charge in [0.15, 0.2) is 5.82 Å². The van der Waals surface area contributed by atoms with Gasteiger partial charge in [0, 0.05) is 17.1 Å². The predicted molar refractivity (Wildman–Crippen MR) is 91.8 cm³/mol. The van der Waals surface area contributed by atoms with Gasteiger partial charge in [-0.25, -0.2) is 9.97 Å². The molecule has 0 aliphatic carbocycles. The summed E-state index contributed by atoms with van der Waals surface area (Å²) in [5.74, 6) is 1.54. The third kappa shape index (κ3) is 3.20. The lowest BCUT2D eigenvalue weighted by Gasteiger charge is -2.10. The number of hydrogen-bond donors (Lipinski definition) is 1. The number of rotatable bonds is 3. The summed E-state index contributed by atoms with van der Waals surface area (Å²) in [7, 11) is 1.86. The first-order valence-electron chi connectivity index (χ1n) is 5.76. The van der Waals surface area contributed by atoms with Crippen LogP contribution in [0.15, 0.2) is 22.7 Å². The number of halogens is 3.